The van der Waals surface area contributed by atoms with E-state index >= 15 is 0 Å². The lowest BCUT2D eigenvalue weighted by atomic mass is 9.96. The number of halogens is 2. The molecule has 1 amide bonds. The third-order valence-corrected chi connectivity index (χ3v) is 5.11. The van der Waals surface area contributed by atoms with E-state index in [-0.39, 0.29) is 0 Å². The Bertz CT molecular complexity index is 884. The van der Waals surface area contributed by atoms with Crippen LogP contribution in [0.15, 0.2) is 53.6 Å². The minimum absolute atomic E-state index is 0.509. The maximum atomic E-state index is 12.7. The maximum Gasteiger partial charge on any atom is 0.408 e. The fourth-order valence-corrected chi connectivity index (χ4v) is 3.50. The first-order chi connectivity index (χ1) is 14.2. The number of alkyl carbamates (subject to hydrolysis) is 1. The topological polar surface area (TPSA) is 53.9 Å². The van der Waals surface area contributed by atoms with Crippen LogP contribution >= 0.6 is 23.2 Å². The smallest absolute Gasteiger partial charge is 0.408 e. The van der Waals surface area contributed by atoms with Crippen LogP contribution < -0.4 is 5.32 Å². The van der Waals surface area contributed by atoms with Crippen LogP contribution in [0.3, 0.4) is 0 Å². The minimum atomic E-state index is -0.610. The number of hydrazone groups is 1. The fraction of sp³-hybridized carbons (Fsp3) is 0.391. The van der Waals surface area contributed by atoms with Crippen molar-refractivity contribution in [1.29, 1.82) is 0 Å². The zero-order valence-corrected chi connectivity index (χ0v) is 19.0. The minimum Gasteiger partial charge on any atom is -0.444 e. The van der Waals surface area contributed by atoms with Crippen LogP contribution in [0.1, 0.15) is 50.8 Å². The van der Waals surface area contributed by atoms with Crippen LogP contribution in [-0.2, 0) is 4.74 Å². The molecule has 5 nitrogen and oxygen atoms in total. The van der Waals surface area contributed by atoms with E-state index in [0.29, 0.717) is 10.0 Å². The average molecular weight is 448 g/mol. The Kier molecular flexibility index (Phi) is 7.27. The van der Waals surface area contributed by atoms with Crippen molar-refractivity contribution in [3.8, 4) is 0 Å². The molecule has 1 atom stereocenters. The Hall–Kier alpha value is -2.24. The molecule has 1 heterocycles. The van der Waals surface area contributed by atoms with Crippen LogP contribution in [0.2, 0.25) is 10.0 Å². The van der Waals surface area contributed by atoms with Crippen molar-refractivity contribution in [1.82, 2.24) is 10.3 Å². The summed E-state index contributed by atoms with van der Waals surface area (Å²) < 4.78 is 5.52. The van der Waals surface area contributed by atoms with Gasteiger partial charge in [0.2, 0.25) is 0 Å². The van der Waals surface area contributed by atoms with Gasteiger partial charge in [-0.1, -0.05) is 47.5 Å². The lowest BCUT2D eigenvalue weighted by Gasteiger charge is -2.26. The van der Waals surface area contributed by atoms with Crippen LogP contribution in [0.25, 0.3) is 0 Å². The van der Waals surface area contributed by atoms with Gasteiger partial charge in [0.05, 0.1) is 5.71 Å². The SMILES string of the molecule is CC(C)(C)OC(=O)N[C@@H](/C(=N/N1CCCC1)c1ccc(Cl)cc1)c1ccc(Cl)cc1. The van der Waals surface area contributed by atoms with E-state index in [1.54, 1.807) is 12.1 Å². The van der Waals surface area contributed by atoms with E-state index in [1.165, 1.54) is 0 Å². The average Bonchev–Trinajstić information content (AvgIpc) is 3.18. The summed E-state index contributed by atoms with van der Waals surface area (Å²) in [5.41, 5.74) is 1.85. The third-order valence-electron chi connectivity index (χ3n) is 4.61. The number of ether oxygens (including phenoxy) is 1. The first kappa shape index (κ1) is 22.4. The number of nitrogens with zero attached hydrogens (tertiary/aromatic N) is 2. The summed E-state index contributed by atoms with van der Waals surface area (Å²) in [6.07, 6.45) is 1.69. The Balaban J connectivity index is 2.03. The number of benzene rings is 2. The van der Waals surface area contributed by atoms with E-state index in [0.717, 1.165) is 42.8 Å². The second-order valence-corrected chi connectivity index (χ2v) is 9.16. The highest BCUT2D eigenvalue weighted by Gasteiger charge is 2.27. The third kappa shape index (κ3) is 6.38. The van der Waals surface area contributed by atoms with Crippen molar-refractivity contribution in [2.24, 2.45) is 5.10 Å². The van der Waals surface area contributed by atoms with Crippen LogP contribution in [0.5, 0.6) is 0 Å². The van der Waals surface area contributed by atoms with E-state index < -0.39 is 17.7 Å². The molecule has 0 aromatic heterocycles. The fourth-order valence-electron chi connectivity index (χ4n) is 3.25. The molecule has 2 aromatic carbocycles. The molecular weight excluding hydrogens is 421 g/mol. The number of amides is 1. The van der Waals surface area contributed by atoms with Gasteiger partial charge in [0.1, 0.15) is 11.6 Å². The van der Waals surface area contributed by atoms with Crippen LogP contribution in [0.4, 0.5) is 4.79 Å². The predicted molar refractivity (Wildman–Crippen MR) is 122 cm³/mol. The second-order valence-electron chi connectivity index (χ2n) is 8.28. The van der Waals surface area contributed by atoms with Crippen LogP contribution in [0, 0.1) is 0 Å². The highest BCUT2D eigenvalue weighted by molar-refractivity contribution is 6.31. The van der Waals surface area contributed by atoms with Crippen molar-refractivity contribution in [2.45, 2.75) is 45.3 Å². The van der Waals surface area contributed by atoms with E-state index in [1.807, 2.05) is 62.2 Å². The number of hydrogen-bond acceptors (Lipinski definition) is 4. The molecule has 1 aliphatic rings. The summed E-state index contributed by atoms with van der Waals surface area (Å²) >= 11 is 12.2. The zero-order chi connectivity index (χ0) is 21.7. The molecule has 0 radical (unpaired) electrons. The van der Waals surface area contributed by atoms with E-state index in [2.05, 4.69) is 5.32 Å². The molecule has 0 saturated carbocycles. The first-order valence-electron chi connectivity index (χ1n) is 10.1. The van der Waals surface area contributed by atoms with Gasteiger partial charge in [0.15, 0.2) is 0 Å². The van der Waals surface area contributed by atoms with Gasteiger partial charge in [0, 0.05) is 28.7 Å². The largest absolute Gasteiger partial charge is 0.444 e. The van der Waals surface area contributed by atoms with Gasteiger partial charge >= 0.3 is 6.09 Å². The molecular formula is C23H27Cl2N3O2. The molecule has 0 unspecified atom stereocenters. The van der Waals surface area contributed by atoms with Crippen molar-refractivity contribution >= 4 is 35.0 Å². The summed E-state index contributed by atoms with van der Waals surface area (Å²) in [6, 6.07) is 14.3. The number of hydrogen-bond donors (Lipinski definition) is 1. The highest BCUT2D eigenvalue weighted by atomic mass is 35.5. The van der Waals surface area contributed by atoms with Crippen molar-refractivity contribution < 1.29 is 9.53 Å². The Morgan fingerprint density at radius 1 is 1.00 bits per heavy atom. The monoisotopic (exact) mass is 447 g/mol. The molecule has 30 heavy (non-hydrogen) atoms. The quantitative estimate of drug-likeness (QED) is 0.566. The van der Waals surface area contributed by atoms with Crippen LogP contribution in [-0.4, -0.2) is 35.5 Å². The van der Waals surface area contributed by atoms with Crippen molar-refractivity contribution in [2.75, 3.05) is 13.1 Å². The molecule has 7 heteroatoms. The predicted octanol–water partition coefficient (Wildman–Crippen LogP) is 6.06. The molecule has 3 rings (SSSR count). The summed E-state index contributed by atoms with van der Waals surface area (Å²) in [7, 11) is 0. The van der Waals surface area contributed by atoms with Crippen molar-refractivity contribution in [3.05, 3.63) is 69.7 Å². The number of rotatable bonds is 5. The molecule has 2 aromatic rings. The summed E-state index contributed by atoms with van der Waals surface area (Å²) in [6.45, 7) is 7.28. The number of nitrogens with one attached hydrogen (secondary N) is 1. The van der Waals surface area contributed by atoms with Gasteiger partial charge in [-0.05, 0) is 63.4 Å². The Labute approximate surface area is 188 Å². The van der Waals surface area contributed by atoms with Gasteiger partial charge in [-0.15, -0.1) is 0 Å². The van der Waals surface area contributed by atoms with Gasteiger partial charge in [-0.25, -0.2) is 4.79 Å². The standard InChI is InChI=1S/C23H27Cl2N3O2/c1-23(2,3)30-22(29)26-20(16-6-10-18(24)11-7-16)21(27-28-14-4-5-15-28)17-8-12-19(25)13-9-17/h6-13,20H,4-5,14-15H2,1-3H3,(H,26,29)/b27-21+/t20-/m1/s1. The highest BCUT2D eigenvalue weighted by Crippen LogP contribution is 2.25. The maximum absolute atomic E-state index is 12.7. The van der Waals surface area contributed by atoms with E-state index in [4.69, 9.17) is 33.0 Å². The molecule has 0 bridgehead atoms. The number of carbonyl (C=O) groups is 1. The molecule has 1 fully saturated rings. The molecule has 160 valence electrons. The molecule has 1 aliphatic heterocycles. The molecule has 1 saturated heterocycles. The molecule has 1 N–H and O–H groups in total. The lowest BCUT2D eigenvalue weighted by Crippen LogP contribution is -2.39. The zero-order valence-electron chi connectivity index (χ0n) is 17.5. The Morgan fingerprint density at radius 2 is 1.53 bits per heavy atom. The van der Waals surface area contributed by atoms with Gasteiger partial charge < -0.3 is 10.1 Å². The van der Waals surface area contributed by atoms with Gasteiger partial charge in [0.25, 0.3) is 0 Å². The number of carbonyl (C=O) groups excluding carboxylic acids is 1. The Morgan fingerprint density at radius 3 is 2.07 bits per heavy atom. The first-order valence-corrected chi connectivity index (χ1v) is 10.8. The molecule has 0 spiro atoms. The summed E-state index contributed by atoms with van der Waals surface area (Å²) in [5, 5.41) is 11.2. The lowest BCUT2D eigenvalue weighted by molar-refractivity contribution is 0.0517. The van der Waals surface area contributed by atoms with Crippen molar-refractivity contribution in [3.63, 3.8) is 0 Å². The summed E-state index contributed by atoms with van der Waals surface area (Å²) in [4.78, 5) is 12.7. The second kappa shape index (κ2) is 9.71. The molecule has 0 aliphatic carbocycles. The summed E-state index contributed by atoms with van der Waals surface area (Å²) in [5.74, 6) is 0. The van der Waals surface area contributed by atoms with E-state index in [9.17, 15) is 4.79 Å². The van der Waals surface area contributed by atoms with Gasteiger partial charge in [-0.3, -0.25) is 5.01 Å². The van der Waals surface area contributed by atoms with Gasteiger partial charge in [-0.2, -0.15) is 5.10 Å². The normalized spacial score (nSPS) is 15.8.